The Kier molecular flexibility index (Phi) is 5.50. The van der Waals surface area contributed by atoms with Gasteiger partial charge in [-0.2, -0.15) is 0 Å². The van der Waals surface area contributed by atoms with E-state index in [1.165, 1.54) is 0 Å². The quantitative estimate of drug-likeness (QED) is 0.249. The number of carbonyl (C=O) groups is 1. The van der Waals surface area contributed by atoms with Crippen LogP contribution in [-0.4, -0.2) is 11.0 Å². The van der Waals surface area contributed by atoms with Crippen molar-refractivity contribution in [3.63, 3.8) is 0 Å². The van der Waals surface area contributed by atoms with Gasteiger partial charge in [-0.1, -0.05) is 59.1 Å². The van der Waals surface area contributed by atoms with Crippen LogP contribution in [0.25, 0.3) is 22.2 Å². The van der Waals surface area contributed by atoms with Crippen molar-refractivity contribution >= 4 is 40.1 Å². The van der Waals surface area contributed by atoms with Crippen LogP contribution in [0.5, 0.6) is 5.75 Å². The molecule has 150 valence electrons. The van der Waals surface area contributed by atoms with E-state index in [2.05, 4.69) is 6.07 Å². The number of pyridine rings is 1. The lowest BCUT2D eigenvalue weighted by Crippen LogP contribution is -2.13. The van der Waals surface area contributed by atoms with Gasteiger partial charge in [0.15, 0.2) is 0 Å². The van der Waals surface area contributed by atoms with Gasteiger partial charge in [0.25, 0.3) is 0 Å². The van der Waals surface area contributed by atoms with E-state index >= 15 is 0 Å². The molecule has 0 saturated carbocycles. The molecule has 3 nitrogen and oxygen atoms in total. The van der Waals surface area contributed by atoms with Gasteiger partial charge in [0.2, 0.25) is 0 Å². The third-order valence-corrected chi connectivity index (χ3v) is 5.56. The summed E-state index contributed by atoms with van der Waals surface area (Å²) in [6.45, 7) is 5.86. The summed E-state index contributed by atoms with van der Waals surface area (Å²) in [4.78, 5) is 18.2. The summed E-state index contributed by atoms with van der Waals surface area (Å²) in [6.07, 6.45) is 0. The number of nitrogens with zero attached hydrogens (tertiary/aromatic N) is 1. The maximum Gasteiger partial charge on any atom is 0.344 e. The zero-order valence-electron chi connectivity index (χ0n) is 16.8. The van der Waals surface area contributed by atoms with E-state index in [9.17, 15) is 4.79 Å². The van der Waals surface area contributed by atoms with Crippen LogP contribution >= 0.6 is 23.2 Å². The van der Waals surface area contributed by atoms with Gasteiger partial charge in [0.05, 0.1) is 21.8 Å². The molecule has 3 aromatic carbocycles. The van der Waals surface area contributed by atoms with Crippen LogP contribution in [0.2, 0.25) is 10.0 Å². The predicted molar refractivity (Wildman–Crippen MR) is 123 cm³/mol. The van der Waals surface area contributed by atoms with Gasteiger partial charge in [-0.15, -0.1) is 0 Å². The maximum absolute atomic E-state index is 13.3. The molecule has 0 aliphatic heterocycles. The van der Waals surface area contributed by atoms with E-state index in [4.69, 9.17) is 32.9 Å². The summed E-state index contributed by atoms with van der Waals surface area (Å²) in [5.41, 5.74) is 5.53. The zero-order chi connectivity index (χ0) is 21.4. The van der Waals surface area contributed by atoms with Crippen molar-refractivity contribution in [3.8, 4) is 17.0 Å². The number of fused-ring (bicyclic) bond motifs is 1. The average molecular weight is 436 g/mol. The first-order valence-electron chi connectivity index (χ1n) is 9.49. The summed E-state index contributed by atoms with van der Waals surface area (Å²) in [6, 6.07) is 18.4. The number of halogens is 2. The van der Waals surface area contributed by atoms with E-state index in [-0.39, 0.29) is 0 Å². The highest BCUT2D eigenvalue weighted by Gasteiger charge is 2.22. The highest BCUT2D eigenvalue weighted by molar-refractivity contribution is 6.32. The summed E-state index contributed by atoms with van der Waals surface area (Å²) in [7, 11) is 0. The normalized spacial score (nSPS) is 11.0. The van der Waals surface area contributed by atoms with Crippen LogP contribution in [0.3, 0.4) is 0 Å². The number of hydrogen-bond acceptors (Lipinski definition) is 3. The van der Waals surface area contributed by atoms with Crippen LogP contribution in [0, 0.1) is 20.8 Å². The minimum absolute atomic E-state index is 0.321. The number of hydrogen-bond donors (Lipinski definition) is 0. The molecule has 0 spiro atoms. The molecule has 0 aliphatic rings. The molecule has 5 heteroatoms. The standard InChI is InChI=1S/C25H19Cl2NO2/c1-14-11-15(2)23-19(12-14)22(25(29)30-21-10-5-4-9-20(21)27)16(3)24(28-23)17-7-6-8-18(26)13-17/h4-13H,1-3H3. The smallest absolute Gasteiger partial charge is 0.344 e. The SMILES string of the molecule is Cc1cc(C)c2nc(-c3cccc(Cl)c3)c(C)c(C(=O)Oc3ccccc3Cl)c2c1. The molecule has 0 N–H and O–H groups in total. The molecular formula is C25H19Cl2NO2. The molecule has 1 heterocycles. The first kappa shape index (κ1) is 20.4. The highest BCUT2D eigenvalue weighted by atomic mass is 35.5. The second kappa shape index (κ2) is 8.10. The molecular weight excluding hydrogens is 417 g/mol. The number of esters is 1. The lowest BCUT2D eigenvalue weighted by atomic mass is 9.95. The van der Waals surface area contributed by atoms with Crippen molar-refractivity contribution in [1.82, 2.24) is 4.98 Å². The van der Waals surface area contributed by atoms with Gasteiger partial charge in [-0.3, -0.25) is 0 Å². The number of ether oxygens (including phenoxy) is 1. The van der Waals surface area contributed by atoms with Crippen LogP contribution in [-0.2, 0) is 0 Å². The Bertz CT molecular complexity index is 1300. The van der Waals surface area contributed by atoms with Crippen molar-refractivity contribution in [2.75, 3.05) is 0 Å². The van der Waals surface area contributed by atoms with Crippen molar-refractivity contribution in [2.45, 2.75) is 20.8 Å². The molecule has 4 rings (SSSR count). The minimum Gasteiger partial charge on any atom is -0.421 e. The van der Waals surface area contributed by atoms with Gasteiger partial charge < -0.3 is 4.74 Å². The van der Waals surface area contributed by atoms with Crippen LogP contribution in [0.1, 0.15) is 27.0 Å². The number of aryl methyl sites for hydroxylation is 2. The third kappa shape index (κ3) is 3.79. The molecule has 0 fully saturated rings. The lowest BCUT2D eigenvalue weighted by molar-refractivity contribution is 0.0736. The second-order valence-corrected chi connectivity index (χ2v) is 8.11. The number of benzene rings is 3. The lowest BCUT2D eigenvalue weighted by Gasteiger charge is -2.16. The fraction of sp³-hybridized carbons (Fsp3) is 0.120. The van der Waals surface area contributed by atoms with E-state index in [1.54, 1.807) is 24.3 Å². The maximum atomic E-state index is 13.3. The third-order valence-electron chi connectivity index (χ3n) is 5.01. The van der Waals surface area contributed by atoms with Crippen molar-refractivity contribution < 1.29 is 9.53 Å². The Labute approximate surface area is 185 Å². The van der Waals surface area contributed by atoms with Crippen molar-refractivity contribution in [2.24, 2.45) is 0 Å². The van der Waals surface area contributed by atoms with Crippen LogP contribution < -0.4 is 4.74 Å². The first-order valence-corrected chi connectivity index (χ1v) is 10.2. The summed E-state index contributed by atoms with van der Waals surface area (Å²) in [5, 5.41) is 1.74. The highest BCUT2D eigenvalue weighted by Crippen LogP contribution is 2.34. The van der Waals surface area contributed by atoms with Gasteiger partial charge in [0, 0.05) is 16.0 Å². The molecule has 0 bridgehead atoms. The predicted octanol–water partition coefficient (Wildman–Crippen LogP) is 7.35. The first-order chi connectivity index (χ1) is 14.3. The molecule has 0 saturated heterocycles. The van der Waals surface area contributed by atoms with Crippen molar-refractivity contribution in [1.29, 1.82) is 0 Å². The Morgan fingerprint density at radius 1 is 0.933 bits per heavy atom. The second-order valence-electron chi connectivity index (χ2n) is 7.27. The zero-order valence-corrected chi connectivity index (χ0v) is 18.3. The molecule has 1 aromatic heterocycles. The van der Waals surface area contributed by atoms with Gasteiger partial charge in [0.1, 0.15) is 5.75 Å². The molecule has 0 atom stereocenters. The number of para-hydroxylation sites is 1. The number of aromatic nitrogens is 1. The molecule has 0 unspecified atom stereocenters. The van der Waals surface area contributed by atoms with E-state index < -0.39 is 5.97 Å². The number of rotatable bonds is 3. The summed E-state index contributed by atoms with van der Waals surface area (Å²) in [5.74, 6) is -0.150. The van der Waals surface area contributed by atoms with E-state index in [0.29, 0.717) is 27.1 Å². The Balaban J connectivity index is 1.98. The van der Waals surface area contributed by atoms with E-state index in [1.807, 2.05) is 51.1 Å². The fourth-order valence-electron chi connectivity index (χ4n) is 3.67. The van der Waals surface area contributed by atoms with Gasteiger partial charge in [-0.25, -0.2) is 9.78 Å². The van der Waals surface area contributed by atoms with Gasteiger partial charge in [-0.05, 0) is 62.2 Å². The van der Waals surface area contributed by atoms with Crippen molar-refractivity contribution in [3.05, 3.63) is 93.0 Å². The minimum atomic E-state index is -0.471. The monoisotopic (exact) mass is 435 g/mol. The van der Waals surface area contributed by atoms with Gasteiger partial charge >= 0.3 is 5.97 Å². The molecule has 0 radical (unpaired) electrons. The average Bonchev–Trinajstić information content (AvgIpc) is 2.69. The molecule has 30 heavy (non-hydrogen) atoms. The van der Waals surface area contributed by atoms with Crippen LogP contribution in [0.4, 0.5) is 0 Å². The summed E-state index contributed by atoms with van der Waals surface area (Å²) >= 11 is 12.4. The molecule has 0 aliphatic carbocycles. The van der Waals surface area contributed by atoms with Crippen LogP contribution in [0.15, 0.2) is 60.7 Å². The molecule has 4 aromatic rings. The Morgan fingerprint density at radius 3 is 2.43 bits per heavy atom. The number of carbonyl (C=O) groups excluding carboxylic acids is 1. The largest absolute Gasteiger partial charge is 0.421 e. The Hall–Kier alpha value is -2.88. The Morgan fingerprint density at radius 2 is 1.70 bits per heavy atom. The fourth-order valence-corrected chi connectivity index (χ4v) is 4.04. The topological polar surface area (TPSA) is 39.2 Å². The molecule has 0 amide bonds. The van der Waals surface area contributed by atoms with E-state index in [0.717, 1.165) is 33.2 Å². The summed E-state index contributed by atoms with van der Waals surface area (Å²) < 4.78 is 5.69.